The van der Waals surface area contributed by atoms with Gasteiger partial charge in [0.25, 0.3) is 0 Å². The van der Waals surface area contributed by atoms with E-state index in [1.54, 1.807) is 7.11 Å². The zero-order chi connectivity index (χ0) is 12.0. The van der Waals surface area contributed by atoms with E-state index in [1.165, 1.54) is 5.56 Å². The first-order valence-electron chi connectivity index (χ1n) is 5.75. The number of hydrogen-bond acceptors (Lipinski definition) is 3. The molecule has 0 bridgehead atoms. The third kappa shape index (κ3) is 3.51. The van der Waals surface area contributed by atoms with Crippen LogP contribution in [0.25, 0.3) is 0 Å². The smallest absolute Gasteiger partial charge is 0.122 e. The summed E-state index contributed by atoms with van der Waals surface area (Å²) in [4.78, 5) is 0. The number of aliphatic hydroxyl groups is 1. The van der Waals surface area contributed by atoms with Crippen LogP contribution in [0.1, 0.15) is 24.5 Å². The predicted octanol–water partition coefficient (Wildman–Crippen LogP) is 1.51. The summed E-state index contributed by atoms with van der Waals surface area (Å²) in [6.07, 6.45) is 1.90. The van der Waals surface area contributed by atoms with Crippen LogP contribution in [0.15, 0.2) is 18.2 Å². The molecular weight excluding hydrogens is 202 g/mol. The van der Waals surface area contributed by atoms with Crippen molar-refractivity contribution < 1.29 is 9.84 Å². The Kier molecular flexibility index (Phi) is 5.29. The SMILES string of the molecule is CCc1cc(CC(O)CCN)ccc1OC. The Hall–Kier alpha value is -1.06. The lowest BCUT2D eigenvalue weighted by molar-refractivity contribution is 0.167. The van der Waals surface area contributed by atoms with Gasteiger partial charge in [0, 0.05) is 0 Å². The molecule has 1 atom stereocenters. The van der Waals surface area contributed by atoms with Crippen LogP contribution in [0.2, 0.25) is 0 Å². The number of rotatable bonds is 6. The fourth-order valence-corrected chi connectivity index (χ4v) is 1.80. The molecule has 1 unspecified atom stereocenters. The molecule has 0 saturated carbocycles. The van der Waals surface area contributed by atoms with Crippen molar-refractivity contribution in [1.29, 1.82) is 0 Å². The van der Waals surface area contributed by atoms with Crippen molar-refractivity contribution in [3.63, 3.8) is 0 Å². The second kappa shape index (κ2) is 6.51. The number of aryl methyl sites for hydroxylation is 1. The van der Waals surface area contributed by atoms with E-state index >= 15 is 0 Å². The number of nitrogens with two attached hydrogens (primary N) is 1. The molecule has 0 aliphatic heterocycles. The lowest BCUT2D eigenvalue weighted by Gasteiger charge is -2.12. The maximum Gasteiger partial charge on any atom is 0.122 e. The lowest BCUT2D eigenvalue weighted by atomic mass is 10.0. The van der Waals surface area contributed by atoms with E-state index in [1.807, 2.05) is 12.1 Å². The van der Waals surface area contributed by atoms with Crippen LogP contribution in [0.4, 0.5) is 0 Å². The summed E-state index contributed by atoms with van der Waals surface area (Å²) in [7, 11) is 1.68. The highest BCUT2D eigenvalue weighted by molar-refractivity contribution is 5.37. The minimum Gasteiger partial charge on any atom is -0.496 e. The van der Waals surface area contributed by atoms with Gasteiger partial charge in [-0.05, 0) is 43.0 Å². The Morgan fingerprint density at radius 1 is 1.44 bits per heavy atom. The van der Waals surface area contributed by atoms with Crippen molar-refractivity contribution >= 4 is 0 Å². The topological polar surface area (TPSA) is 55.5 Å². The van der Waals surface area contributed by atoms with Crippen molar-refractivity contribution in [3.05, 3.63) is 29.3 Å². The Morgan fingerprint density at radius 2 is 2.19 bits per heavy atom. The van der Waals surface area contributed by atoms with Gasteiger partial charge in [0.15, 0.2) is 0 Å². The summed E-state index contributed by atoms with van der Waals surface area (Å²) < 4.78 is 5.26. The monoisotopic (exact) mass is 223 g/mol. The summed E-state index contributed by atoms with van der Waals surface area (Å²) >= 11 is 0. The number of aliphatic hydroxyl groups excluding tert-OH is 1. The van der Waals surface area contributed by atoms with Gasteiger partial charge in [-0.1, -0.05) is 19.1 Å². The van der Waals surface area contributed by atoms with Crippen LogP contribution in [-0.2, 0) is 12.8 Å². The maximum absolute atomic E-state index is 9.68. The molecule has 0 radical (unpaired) electrons. The summed E-state index contributed by atoms with van der Waals surface area (Å²) in [5.41, 5.74) is 7.72. The van der Waals surface area contributed by atoms with E-state index in [9.17, 15) is 5.11 Å². The van der Waals surface area contributed by atoms with Gasteiger partial charge in [-0.15, -0.1) is 0 Å². The minimum absolute atomic E-state index is 0.344. The summed E-state index contributed by atoms with van der Waals surface area (Å²) in [6, 6.07) is 6.06. The highest BCUT2D eigenvalue weighted by atomic mass is 16.5. The average Bonchev–Trinajstić information content (AvgIpc) is 2.29. The van der Waals surface area contributed by atoms with Gasteiger partial charge in [-0.2, -0.15) is 0 Å². The average molecular weight is 223 g/mol. The number of methoxy groups -OCH3 is 1. The molecule has 3 nitrogen and oxygen atoms in total. The van der Waals surface area contributed by atoms with E-state index in [-0.39, 0.29) is 6.10 Å². The molecule has 0 saturated heterocycles. The van der Waals surface area contributed by atoms with Crippen molar-refractivity contribution in [3.8, 4) is 5.75 Å². The fraction of sp³-hybridized carbons (Fsp3) is 0.538. The molecule has 0 amide bonds. The van der Waals surface area contributed by atoms with Crippen LogP contribution in [0.5, 0.6) is 5.75 Å². The second-order valence-corrected chi connectivity index (χ2v) is 3.94. The molecule has 0 fully saturated rings. The van der Waals surface area contributed by atoms with Gasteiger partial charge in [-0.3, -0.25) is 0 Å². The number of hydrogen-bond donors (Lipinski definition) is 2. The van der Waals surface area contributed by atoms with Crippen molar-refractivity contribution in [2.45, 2.75) is 32.3 Å². The summed E-state index contributed by atoms with van der Waals surface area (Å²) in [6.45, 7) is 2.62. The highest BCUT2D eigenvalue weighted by Crippen LogP contribution is 2.21. The van der Waals surface area contributed by atoms with Crippen molar-refractivity contribution in [1.82, 2.24) is 0 Å². The first-order valence-corrected chi connectivity index (χ1v) is 5.75. The number of ether oxygens (including phenoxy) is 1. The standard InChI is InChI=1S/C13H21NO2/c1-3-11-8-10(4-5-13(11)16-2)9-12(15)6-7-14/h4-5,8,12,15H,3,6-7,9,14H2,1-2H3. The van der Waals surface area contributed by atoms with E-state index in [4.69, 9.17) is 10.5 Å². The predicted molar refractivity (Wildman–Crippen MR) is 65.8 cm³/mol. The zero-order valence-corrected chi connectivity index (χ0v) is 10.1. The molecule has 0 aromatic heterocycles. The molecule has 3 heteroatoms. The van der Waals surface area contributed by atoms with Gasteiger partial charge in [0.2, 0.25) is 0 Å². The first-order chi connectivity index (χ1) is 7.71. The van der Waals surface area contributed by atoms with Crippen LogP contribution < -0.4 is 10.5 Å². The Balaban J connectivity index is 2.74. The normalized spacial score (nSPS) is 12.5. The molecule has 0 aliphatic rings. The molecule has 1 aromatic carbocycles. The molecule has 1 aromatic rings. The molecule has 90 valence electrons. The zero-order valence-electron chi connectivity index (χ0n) is 10.1. The van der Waals surface area contributed by atoms with Crippen LogP contribution >= 0.6 is 0 Å². The summed E-state index contributed by atoms with van der Waals surface area (Å²) in [5.74, 6) is 0.916. The molecule has 0 aliphatic carbocycles. The van der Waals surface area contributed by atoms with E-state index in [0.717, 1.165) is 17.7 Å². The van der Waals surface area contributed by atoms with Gasteiger partial charge < -0.3 is 15.6 Å². The molecule has 16 heavy (non-hydrogen) atoms. The minimum atomic E-state index is -0.344. The lowest BCUT2D eigenvalue weighted by Crippen LogP contribution is -2.16. The van der Waals surface area contributed by atoms with Crippen molar-refractivity contribution in [2.75, 3.05) is 13.7 Å². The molecule has 1 rings (SSSR count). The fourth-order valence-electron chi connectivity index (χ4n) is 1.80. The van der Waals surface area contributed by atoms with E-state index in [0.29, 0.717) is 19.4 Å². The molecule has 3 N–H and O–H groups in total. The quantitative estimate of drug-likeness (QED) is 0.768. The molecule has 0 heterocycles. The third-order valence-corrected chi connectivity index (χ3v) is 2.70. The van der Waals surface area contributed by atoms with Gasteiger partial charge >= 0.3 is 0 Å². The van der Waals surface area contributed by atoms with Gasteiger partial charge in [-0.25, -0.2) is 0 Å². The van der Waals surface area contributed by atoms with E-state index < -0.39 is 0 Å². The first kappa shape index (κ1) is 13.0. The van der Waals surface area contributed by atoms with Gasteiger partial charge in [0.1, 0.15) is 5.75 Å². The maximum atomic E-state index is 9.68. The van der Waals surface area contributed by atoms with Crippen LogP contribution in [0, 0.1) is 0 Å². The Morgan fingerprint density at radius 3 is 2.75 bits per heavy atom. The Bertz CT molecular complexity index is 326. The molecular formula is C13H21NO2. The van der Waals surface area contributed by atoms with Crippen molar-refractivity contribution in [2.24, 2.45) is 5.73 Å². The van der Waals surface area contributed by atoms with Gasteiger partial charge in [0.05, 0.1) is 13.2 Å². The Labute approximate surface area is 97.2 Å². The second-order valence-electron chi connectivity index (χ2n) is 3.94. The van der Waals surface area contributed by atoms with Crippen LogP contribution in [0.3, 0.4) is 0 Å². The molecule has 0 spiro atoms. The largest absolute Gasteiger partial charge is 0.496 e. The number of benzene rings is 1. The highest BCUT2D eigenvalue weighted by Gasteiger charge is 2.07. The van der Waals surface area contributed by atoms with Crippen LogP contribution in [-0.4, -0.2) is 24.9 Å². The third-order valence-electron chi connectivity index (χ3n) is 2.70. The van der Waals surface area contributed by atoms with E-state index in [2.05, 4.69) is 13.0 Å². The summed E-state index contributed by atoms with van der Waals surface area (Å²) in [5, 5.41) is 9.68.